The largest absolute Gasteiger partial charge is 0.0843 e. The Morgan fingerprint density at radius 2 is 1.92 bits per heavy atom. The third-order valence-electron chi connectivity index (χ3n) is 2.51. The lowest BCUT2D eigenvalue weighted by molar-refractivity contribution is 0.730. The number of halogens is 1. The highest BCUT2D eigenvalue weighted by molar-refractivity contribution is 6.30. The number of hydrogen-bond donors (Lipinski definition) is 0. The number of hydrogen-bond acceptors (Lipinski definition) is 0. The molecule has 0 bridgehead atoms. The second-order valence-corrected chi connectivity index (χ2v) is 3.79. The highest BCUT2D eigenvalue weighted by atomic mass is 35.5. The van der Waals surface area contributed by atoms with E-state index in [-0.39, 0.29) is 0 Å². The molecule has 0 amide bonds. The summed E-state index contributed by atoms with van der Waals surface area (Å²) in [6, 6.07) is 8.25. The Balaban J connectivity index is 2.17. The highest BCUT2D eigenvalue weighted by Crippen LogP contribution is 2.33. The van der Waals surface area contributed by atoms with Gasteiger partial charge in [-0.05, 0) is 49.3 Å². The Hall–Kier alpha value is -0.490. The van der Waals surface area contributed by atoms with E-state index in [1.807, 2.05) is 12.1 Å². The van der Waals surface area contributed by atoms with Crippen molar-refractivity contribution in [2.45, 2.75) is 25.2 Å². The predicted molar refractivity (Wildman–Crippen MR) is 52.3 cm³/mol. The van der Waals surface area contributed by atoms with Crippen molar-refractivity contribution in [1.82, 2.24) is 0 Å². The molecular formula is C11H12Cl. The van der Waals surface area contributed by atoms with Crippen molar-refractivity contribution in [3.63, 3.8) is 0 Å². The molecule has 0 aromatic heterocycles. The zero-order valence-electron chi connectivity index (χ0n) is 6.96. The van der Waals surface area contributed by atoms with Crippen LogP contribution in [0.25, 0.3) is 0 Å². The molecule has 1 aromatic carbocycles. The molecule has 63 valence electrons. The van der Waals surface area contributed by atoms with E-state index in [0.717, 1.165) is 10.9 Å². The van der Waals surface area contributed by atoms with E-state index in [1.165, 1.54) is 24.8 Å². The van der Waals surface area contributed by atoms with Crippen LogP contribution in [0.4, 0.5) is 0 Å². The van der Waals surface area contributed by atoms with Crippen molar-refractivity contribution in [3.05, 3.63) is 41.3 Å². The summed E-state index contributed by atoms with van der Waals surface area (Å²) >= 11 is 5.81. The van der Waals surface area contributed by atoms with Gasteiger partial charge in [-0.2, -0.15) is 0 Å². The average Bonchev–Trinajstić information content (AvgIpc) is 2.58. The third-order valence-corrected chi connectivity index (χ3v) is 2.76. The second-order valence-electron chi connectivity index (χ2n) is 3.35. The minimum absolute atomic E-state index is 0.752. The maximum atomic E-state index is 5.81. The van der Waals surface area contributed by atoms with Gasteiger partial charge in [-0.1, -0.05) is 23.7 Å². The first-order chi connectivity index (χ1) is 5.86. The van der Waals surface area contributed by atoms with Crippen molar-refractivity contribution in [3.8, 4) is 0 Å². The van der Waals surface area contributed by atoms with Crippen molar-refractivity contribution in [2.24, 2.45) is 0 Å². The molecular weight excluding hydrogens is 168 g/mol. The Kier molecular flexibility index (Phi) is 2.36. The molecule has 1 aromatic rings. The van der Waals surface area contributed by atoms with Gasteiger partial charge in [0.25, 0.3) is 0 Å². The van der Waals surface area contributed by atoms with Crippen LogP contribution in [-0.4, -0.2) is 0 Å². The van der Waals surface area contributed by atoms with Crippen LogP contribution in [0.1, 0.15) is 30.7 Å². The van der Waals surface area contributed by atoms with E-state index in [9.17, 15) is 0 Å². The average molecular weight is 180 g/mol. The summed E-state index contributed by atoms with van der Waals surface area (Å²) in [7, 11) is 0. The van der Waals surface area contributed by atoms with E-state index in [0.29, 0.717) is 0 Å². The number of rotatable bonds is 1. The first-order valence-corrected chi connectivity index (χ1v) is 4.81. The van der Waals surface area contributed by atoms with Crippen LogP contribution in [0.3, 0.4) is 0 Å². The standard InChI is InChI=1S/C11H12Cl/c12-11-7-5-10(6-8-11)9-3-1-2-4-9/h1,5-9H,2-4H2/t9-/m0/s1. The first kappa shape index (κ1) is 8.12. The summed E-state index contributed by atoms with van der Waals surface area (Å²) in [5.74, 6) is 0.752. The zero-order valence-corrected chi connectivity index (χ0v) is 7.72. The van der Waals surface area contributed by atoms with E-state index in [2.05, 4.69) is 18.6 Å². The lowest BCUT2D eigenvalue weighted by Gasteiger charge is -2.08. The van der Waals surface area contributed by atoms with Crippen LogP contribution in [0.5, 0.6) is 0 Å². The summed E-state index contributed by atoms with van der Waals surface area (Å²) < 4.78 is 0. The van der Waals surface area contributed by atoms with Gasteiger partial charge in [-0.3, -0.25) is 0 Å². The molecule has 1 atom stereocenters. The summed E-state index contributed by atoms with van der Waals surface area (Å²) in [5, 5.41) is 0.834. The lowest BCUT2D eigenvalue weighted by atomic mass is 9.98. The Bertz CT molecular complexity index is 244. The van der Waals surface area contributed by atoms with E-state index in [4.69, 9.17) is 11.6 Å². The van der Waals surface area contributed by atoms with Crippen LogP contribution in [0.15, 0.2) is 24.3 Å². The molecule has 0 aliphatic heterocycles. The monoisotopic (exact) mass is 179 g/mol. The van der Waals surface area contributed by atoms with Crippen molar-refractivity contribution >= 4 is 11.6 Å². The fourth-order valence-corrected chi connectivity index (χ4v) is 1.92. The molecule has 0 saturated heterocycles. The quantitative estimate of drug-likeness (QED) is 0.615. The smallest absolute Gasteiger partial charge is 0.0406 e. The summed E-state index contributed by atoms with van der Waals surface area (Å²) in [6.07, 6.45) is 6.19. The minimum atomic E-state index is 0.752. The van der Waals surface area contributed by atoms with Gasteiger partial charge in [0.15, 0.2) is 0 Å². The topological polar surface area (TPSA) is 0 Å². The zero-order chi connectivity index (χ0) is 8.39. The van der Waals surface area contributed by atoms with Gasteiger partial charge >= 0.3 is 0 Å². The molecule has 0 nitrogen and oxygen atoms in total. The van der Waals surface area contributed by atoms with Gasteiger partial charge in [-0.25, -0.2) is 0 Å². The van der Waals surface area contributed by atoms with Gasteiger partial charge in [0.2, 0.25) is 0 Å². The Labute approximate surface area is 78.6 Å². The first-order valence-electron chi connectivity index (χ1n) is 4.43. The molecule has 2 rings (SSSR count). The van der Waals surface area contributed by atoms with Crippen molar-refractivity contribution in [1.29, 1.82) is 0 Å². The molecule has 0 heterocycles. The predicted octanol–water partition coefficient (Wildman–Crippen LogP) is 3.81. The van der Waals surface area contributed by atoms with Gasteiger partial charge < -0.3 is 0 Å². The summed E-state index contributed by atoms with van der Waals surface area (Å²) in [6.45, 7) is 0. The fourth-order valence-electron chi connectivity index (χ4n) is 1.79. The van der Waals surface area contributed by atoms with Crippen LogP contribution >= 0.6 is 11.6 Å². The molecule has 0 spiro atoms. The third kappa shape index (κ3) is 1.64. The normalized spacial score (nSPS) is 18.4. The Morgan fingerprint density at radius 1 is 1.17 bits per heavy atom. The summed E-state index contributed by atoms with van der Waals surface area (Å²) in [5.41, 5.74) is 1.44. The van der Waals surface area contributed by atoms with Crippen LogP contribution < -0.4 is 0 Å². The van der Waals surface area contributed by atoms with Crippen LogP contribution in [0, 0.1) is 6.42 Å². The molecule has 0 unspecified atom stereocenters. The lowest BCUT2D eigenvalue weighted by Crippen LogP contribution is -1.90. The van der Waals surface area contributed by atoms with Crippen molar-refractivity contribution < 1.29 is 0 Å². The molecule has 1 saturated carbocycles. The minimum Gasteiger partial charge on any atom is -0.0843 e. The van der Waals surface area contributed by atoms with Crippen molar-refractivity contribution in [2.75, 3.05) is 0 Å². The van der Waals surface area contributed by atoms with Crippen LogP contribution in [0.2, 0.25) is 5.02 Å². The fraction of sp³-hybridized carbons (Fsp3) is 0.364. The molecule has 1 radical (unpaired) electrons. The van der Waals surface area contributed by atoms with Gasteiger partial charge in [0.05, 0.1) is 0 Å². The van der Waals surface area contributed by atoms with E-state index in [1.54, 1.807) is 0 Å². The van der Waals surface area contributed by atoms with E-state index >= 15 is 0 Å². The second kappa shape index (κ2) is 3.49. The molecule has 1 heteroatoms. The molecule has 12 heavy (non-hydrogen) atoms. The SMILES string of the molecule is Clc1ccc([C@H]2C[CH]CC2)cc1. The molecule has 0 N–H and O–H groups in total. The highest BCUT2D eigenvalue weighted by Gasteiger charge is 2.16. The molecule has 1 aliphatic carbocycles. The maximum absolute atomic E-state index is 5.81. The van der Waals surface area contributed by atoms with Crippen LogP contribution in [-0.2, 0) is 0 Å². The van der Waals surface area contributed by atoms with Gasteiger partial charge in [-0.15, -0.1) is 0 Å². The maximum Gasteiger partial charge on any atom is 0.0406 e. The van der Waals surface area contributed by atoms with Gasteiger partial charge in [0, 0.05) is 5.02 Å². The van der Waals surface area contributed by atoms with Gasteiger partial charge in [0.1, 0.15) is 0 Å². The summed E-state index contributed by atoms with van der Waals surface area (Å²) in [4.78, 5) is 0. The van der Waals surface area contributed by atoms with E-state index < -0.39 is 0 Å². The molecule has 1 fully saturated rings. The Morgan fingerprint density at radius 3 is 2.50 bits per heavy atom. The number of benzene rings is 1. The molecule has 1 aliphatic rings.